The van der Waals surface area contributed by atoms with Gasteiger partial charge in [-0.2, -0.15) is 0 Å². The first-order valence-electron chi connectivity index (χ1n) is 9.72. The number of hydrogen-bond acceptors (Lipinski definition) is 8. The highest BCUT2D eigenvalue weighted by molar-refractivity contribution is 5.79. The van der Waals surface area contributed by atoms with Crippen molar-refractivity contribution in [3.63, 3.8) is 0 Å². The number of ether oxygens (including phenoxy) is 2. The molecule has 0 amide bonds. The molecule has 0 fully saturated rings. The van der Waals surface area contributed by atoms with E-state index in [-0.39, 0.29) is 48.4 Å². The Morgan fingerprint density at radius 2 is 1.77 bits per heavy atom. The molecule has 0 spiro atoms. The van der Waals surface area contributed by atoms with Gasteiger partial charge in [0.25, 0.3) is 0 Å². The predicted octanol–water partition coefficient (Wildman–Crippen LogP) is 2.25. The van der Waals surface area contributed by atoms with Crippen LogP contribution in [0.5, 0.6) is 28.7 Å². The fourth-order valence-corrected chi connectivity index (χ4v) is 3.01. The molecule has 0 aromatic heterocycles. The molecule has 8 heteroatoms. The lowest BCUT2D eigenvalue weighted by Crippen LogP contribution is -2.15. The van der Waals surface area contributed by atoms with Crippen LogP contribution in [0, 0.1) is 0 Å². The molecule has 0 saturated heterocycles. The van der Waals surface area contributed by atoms with Gasteiger partial charge in [-0.25, -0.2) is 0 Å². The van der Waals surface area contributed by atoms with Gasteiger partial charge in [-0.15, -0.1) is 0 Å². The molecule has 0 bridgehead atoms. The minimum atomic E-state index is -0.811. The van der Waals surface area contributed by atoms with Crippen molar-refractivity contribution in [1.29, 1.82) is 0 Å². The molecule has 8 nitrogen and oxygen atoms in total. The molecule has 0 aliphatic carbocycles. The van der Waals surface area contributed by atoms with E-state index in [2.05, 4.69) is 5.32 Å². The summed E-state index contributed by atoms with van der Waals surface area (Å²) in [6, 6.07) is 7.95. The van der Waals surface area contributed by atoms with Crippen LogP contribution in [0.3, 0.4) is 0 Å². The first-order chi connectivity index (χ1) is 14.3. The molecule has 0 heterocycles. The molecular formula is C22H29NO7. The third kappa shape index (κ3) is 6.82. The molecule has 0 aliphatic heterocycles. The Balaban J connectivity index is 1.82. The summed E-state index contributed by atoms with van der Waals surface area (Å²) < 4.78 is 10.4. The Morgan fingerprint density at radius 1 is 1.03 bits per heavy atom. The SMILES string of the molecule is CNCOc1cc(CCC(=O)CC(O)CCc2cc(O)c(O)c(OC)c2)ccc1O. The van der Waals surface area contributed by atoms with E-state index in [1.54, 1.807) is 25.2 Å². The highest BCUT2D eigenvalue weighted by Gasteiger charge is 2.14. The van der Waals surface area contributed by atoms with Crippen LogP contribution in [0.1, 0.15) is 30.4 Å². The normalized spacial score (nSPS) is 11.8. The number of phenols is 3. The third-order valence-corrected chi connectivity index (χ3v) is 4.65. The topological polar surface area (TPSA) is 128 Å². The van der Waals surface area contributed by atoms with E-state index in [1.165, 1.54) is 19.2 Å². The van der Waals surface area contributed by atoms with Gasteiger partial charge in [0.15, 0.2) is 23.0 Å². The molecule has 2 aromatic rings. The van der Waals surface area contributed by atoms with Crippen LogP contribution in [0.25, 0.3) is 0 Å². The zero-order valence-electron chi connectivity index (χ0n) is 17.2. The highest BCUT2D eigenvalue weighted by Crippen LogP contribution is 2.36. The summed E-state index contributed by atoms with van der Waals surface area (Å²) >= 11 is 0. The Labute approximate surface area is 175 Å². The molecular weight excluding hydrogens is 390 g/mol. The Morgan fingerprint density at radius 3 is 2.47 bits per heavy atom. The summed E-state index contributed by atoms with van der Waals surface area (Å²) in [6.07, 6.45) is 0.714. The van der Waals surface area contributed by atoms with Gasteiger partial charge in [-0.05, 0) is 61.7 Å². The number of benzene rings is 2. The largest absolute Gasteiger partial charge is 0.504 e. The number of carbonyl (C=O) groups excluding carboxylic acids is 1. The molecule has 1 unspecified atom stereocenters. The van der Waals surface area contributed by atoms with E-state index in [1.807, 2.05) is 0 Å². The van der Waals surface area contributed by atoms with Crippen molar-refractivity contribution in [1.82, 2.24) is 5.32 Å². The maximum atomic E-state index is 12.2. The maximum Gasteiger partial charge on any atom is 0.200 e. The predicted molar refractivity (Wildman–Crippen MR) is 111 cm³/mol. The zero-order chi connectivity index (χ0) is 22.1. The van der Waals surface area contributed by atoms with Gasteiger partial charge in [0.05, 0.1) is 13.2 Å². The van der Waals surface area contributed by atoms with Crippen molar-refractivity contribution < 1.29 is 34.7 Å². The molecule has 0 radical (unpaired) electrons. The standard InChI is InChI=1S/C22H29NO7/c1-23-13-30-20-10-14(5-8-18(20)26)3-6-16(24)12-17(25)7-4-15-9-19(27)22(28)21(11-15)29-2/h5,8-11,17,23,25-28H,3-4,6-7,12-13H2,1-2H3. The summed E-state index contributed by atoms with van der Waals surface area (Å²) in [4.78, 5) is 12.2. The summed E-state index contributed by atoms with van der Waals surface area (Å²) in [6.45, 7) is 0.257. The fourth-order valence-electron chi connectivity index (χ4n) is 3.01. The molecule has 1 atom stereocenters. The minimum Gasteiger partial charge on any atom is -0.504 e. The number of aryl methyl sites for hydroxylation is 2. The van der Waals surface area contributed by atoms with Crippen molar-refractivity contribution in [3.05, 3.63) is 41.5 Å². The number of phenolic OH excluding ortho intramolecular Hbond substituents is 3. The lowest BCUT2D eigenvalue weighted by atomic mass is 9.99. The van der Waals surface area contributed by atoms with Gasteiger partial charge in [-0.1, -0.05) is 6.07 Å². The number of carbonyl (C=O) groups is 1. The van der Waals surface area contributed by atoms with Crippen LogP contribution in [-0.2, 0) is 17.6 Å². The molecule has 5 N–H and O–H groups in total. The number of hydrogen-bond donors (Lipinski definition) is 5. The number of rotatable bonds is 12. The van der Waals surface area contributed by atoms with E-state index in [4.69, 9.17) is 9.47 Å². The van der Waals surface area contributed by atoms with Crippen LogP contribution < -0.4 is 14.8 Å². The van der Waals surface area contributed by atoms with E-state index in [0.29, 0.717) is 30.6 Å². The summed E-state index contributed by atoms with van der Waals surface area (Å²) in [5.41, 5.74) is 1.54. The Bertz CT molecular complexity index is 854. The van der Waals surface area contributed by atoms with Gasteiger partial charge in [0, 0.05) is 12.8 Å². The van der Waals surface area contributed by atoms with Gasteiger partial charge in [0.1, 0.15) is 12.5 Å². The fraction of sp³-hybridized carbons (Fsp3) is 0.409. The number of aliphatic hydroxyl groups is 1. The number of aliphatic hydroxyl groups excluding tert-OH is 1. The van der Waals surface area contributed by atoms with Gasteiger partial charge < -0.3 is 29.9 Å². The number of ketones is 1. The summed E-state index contributed by atoms with van der Waals surface area (Å²) in [7, 11) is 3.11. The van der Waals surface area contributed by atoms with Crippen LogP contribution >= 0.6 is 0 Å². The van der Waals surface area contributed by atoms with E-state index < -0.39 is 6.10 Å². The Kier molecular flexibility index (Phi) is 8.76. The zero-order valence-corrected chi connectivity index (χ0v) is 17.2. The molecule has 164 valence electrons. The first kappa shape index (κ1) is 23.3. The quantitative estimate of drug-likeness (QED) is 0.262. The smallest absolute Gasteiger partial charge is 0.200 e. The van der Waals surface area contributed by atoms with Gasteiger partial charge in [-0.3, -0.25) is 10.1 Å². The van der Waals surface area contributed by atoms with Crippen LogP contribution in [-0.4, -0.2) is 53.2 Å². The molecule has 0 saturated carbocycles. The van der Waals surface area contributed by atoms with E-state index >= 15 is 0 Å². The highest BCUT2D eigenvalue weighted by atomic mass is 16.5. The second-order valence-electron chi connectivity index (χ2n) is 7.05. The average Bonchev–Trinajstić information content (AvgIpc) is 2.72. The van der Waals surface area contributed by atoms with Gasteiger partial charge in [0.2, 0.25) is 5.75 Å². The van der Waals surface area contributed by atoms with Crippen LogP contribution in [0.4, 0.5) is 0 Å². The number of Topliss-reactive ketones (excluding diaryl/α,β-unsaturated/α-hetero) is 1. The van der Waals surface area contributed by atoms with Crippen molar-refractivity contribution in [2.45, 2.75) is 38.2 Å². The molecule has 0 aliphatic rings. The minimum absolute atomic E-state index is 0.0302. The lowest BCUT2D eigenvalue weighted by Gasteiger charge is -2.12. The maximum absolute atomic E-state index is 12.2. The van der Waals surface area contributed by atoms with Crippen molar-refractivity contribution in [3.8, 4) is 28.7 Å². The molecule has 30 heavy (non-hydrogen) atoms. The van der Waals surface area contributed by atoms with Gasteiger partial charge >= 0.3 is 0 Å². The monoisotopic (exact) mass is 419 g/mol. The lowest BCUT2D eigenvalue weighted by molar-refractivity contribution is -0.121. The van der Waals surface area contributed by atoms with Crippen molar-refractivity contribution in [2.75, 3.05) is 20.9 Å². The second-order valence-corrected chi connectivity index (χ2v) is 7.05. The van der Waals surface area contributed by atoms with Crippen LogP contribution in [0.2, 0.25) is 0 Å². The molecule has 2 aromatic carbocycles. The Hall–Kier alpha value is -2.97. The average molecular weight is 419 g/mol. The molecule has 2 rings (SSSR count). The summed E-state index contributed by atoms with van der Waals surface area (Å²) in [5.74, 6) is -0.149. The number of aromatic hydroxyl groups is 3. The number of nitrogens with one attached hydrogen (secondary N) is 1. The van der Waals surface area contributed by atoms with Crippen LogP contribution in [0.15, 0.2) is 30.3 Å². The third-order valence-electron chi connectivity index (χ3n) is 4.65. The van der Waals surface area contributed by atoms with E-state index in [0.717, 1.165) is 5.56 Å². The van der Waals surface area contributed by atoms with Crippen molar-refractivity contribution in [2.24, 2.45) is 0 Å². The summed E-state index contributed by atoms with van der Waals surface area (Å²) in [5, 5.41) is 42.2. The van der Waals surface area contributed by atoms with E-state index in [9.17, 15) is 25.2 Å². The second kappa shape index (κ2) is 11.3. The van der Waals surface area contributed by atoms with Crippen molar-refractivity contribution >= 4 is 5.78 Å². The number of methoxy groups -OCH3 is 1. The first-order valence-corrected chi connectivity index (χ1v) is 9.72.